The Hall–Kier alpha value is -0.290. The molecule has 1 aromatic carbocycles. The molecule has 0 radical (unpaired) electrons. The maximum atomic E-state index is 5.95. The van der Waals surface area contributed by atoms with Crippen molar-refractivity contribution in [1.82, 2.24) is 4.98 Å². The summed E-state index contributed by atoms with van der Waals surface area (Å²) in [6.45, 7) is 0. The standard InChI is InChI=1S/C9H4BrCl2NOS/c10-5-1-2-6(11)7(3-5)14-9-13-8(12)4-15-9/h1-4H. The summed E-state index contributed by atoms with van der Waals surface area (Å²) in [5.41, 5.74) is 0. The van der Waals surface area contributed by atoms with E-state index in [-0.39, 0.29) is 0 Å². The number of hydrogen-bond donors (Lipinski definition) is 0. The number of benzene rings is 1. The summed E-state index contributed by atoms with van der Waals surface area (Å²) in [4.78, 5) is 3.96. The van der Waals surface area contributed by atoms with Crippen molar-refractivity contribution in [2.75, 3.05) is 0 Å². The molecule has 0 aliphatic carbocycles. The first-order valence-corrected chi connectivity index (χ1v) is 6.32. The lowest BCUT2D eigenvalue weighted by Crippen LogP contribution is -1.84. The Labute approximate surface area is 109 Å². The average molecular weight is 325 g/mol. The van der Waals surface area contributed by atoms with Crippen molar-refractivity contribution >= 4 is 50.5 Å². The fourth-order valence-electron chi connectivity index (χ4n) is 0.935. The molecule has 2 rings (SSSR count). The Morgan fingerprint density at radius 3 is 2.80 bits per heavy atom. The number of rotatable bonds is 2. The molecule has 0 saturated heterocycles. The Bertz CT molecular complexity index is 489. The number of ether oxygens (including phenoxy) is 1. The van der Waals surface area contributed by atoms with Crippen molar-refractivity contribution in [1.29, 1.82) is 0 Å². The van der Waals surface area contributed by atoms with Gasteiger partial charge in [0.2, 0.25) is 0 Å². The molecule has 0 amide bonds. The lowest BCUT2D eigenvalue weighted by atomic mass is 10.3. The second-order valence-electron chi connectivity index (χ2n) is 2.61. The number of nitrogens with zero attached hydrogens (tertiary/aromatic N) is 1. The van der Waals surface area contributed by atoms with Crippen molar-refractivity contribution in [3.05, 3.63) is 38.2 Å². The predicted molar refractivity (Wildman–Crippen MR) is 66.4 cm³/mol. The van der Waals surface area contributed by atoms with Gasteiger partial charge >= 0.3 is 0 Å². The normalized spacial score (nSPS) is 10.3. The first-order valence-electron chi connectivity index (χ1n) is 3.89. The fourth-order valence-corrected chi connectivity index (χ4v) is 2.23. The highest BCUT2D eigenvalue weighted by atomic mass is 79.9. The topological polar surface area (TPSA) is 22.1 Å². The van der Waals surface area contributed by atoms with Crippen LogP contribution >= 0.6 is 50.5 Å². The Kier molecular flexibility index (Phi) is 3.51. The highest BCUT2D eigenvalue weighted by Crippen LogP contribution is 2.33. The maximum Gasteiger partial charge on any atom is 0.280 e. The van der Waals surface area contributed by atoms with Gasteiger partial charge in [0.1, 0.15) is 10.9 Å². The minimum Gasteiger partial charge on any atom is -0.429 e. The third-order valence-electron chi connectivity index (χ3n) is 1.55. The largest absolute Gasteiger partial charge is 0.429 e. The van der Waals surface area contributed by atoms with Crippen LogP contribution < -0.4 is 4.74 Å². The van der Waals surface area contributed by atoms with Crippen LogP contribution in [0.2, 0.25) is 10.2 Å². The number of aromatic nitrogens is 1. The molecule has 0 spiro atoms. The minimum atomic E-state index is 0.418. The van der Waals surface area contributed by atoms with Gasteiger partial charge in [-0.1, -0.05) is 50.5 Å². The van der Waals surface area contributed by atoms with Gasteiger partial charge in [-0.3, -0.25) is 0 Å². The van der Waals surface area contributed by atoms with Crippen molar-refractivity contribution in [3.63, 3.8) is 0 Å². The molecule has 1 heterocycles. The van der Waals surface area contributed by atoms with E-state index < -0.39 is 0 Å². The van der Waals surface area contributed by atoms with E-state index in [1.807, 2.05) is 6.07 Å². The van der Waals surface area contributed by atoms with E-state index in [9.17, 15) is 0 Å². The summed E-state index contributed by atoms with van der Waals surface area (Å²) >= 11 is 16.3. The third-order valence-corrected chi connectivity index (χ3v) is 3.39. The second-order valence-corrected chi connectivity index (χ2v) is 5.14. The van der Waals surface area contributed by atoms with E-state index in [0.29, 0.717) is 21.1 Å². The highest BCUT2D eigenvalue weighted by molar-refractivity contribution is 9.10. The molecule has 0 aliphatic rings. The van der Waals surface area contributed by atoms with Gasteiger partial charge in [-0.2, -0.15) is 4.98 Å². The van der Waals surface area contributed by atoms with Crippen molar-refractivity contribution in [2.24, 2.45) is 0 Å². The summed E-state index contributed by atoms with van der Waals surface area (Å²) in [5.74, 6) is 0.553. The Morgan fingerprint density at radius 1 is 1.33 bits per heavy atom. The molecule has 0 aliphatic heterocycles. The van der Waals surface area contributed by atoms with Crippen LogP contribution in [0.4, 0.5) is 0 Å². The van der Waals surface area contributed by atoms with Crippen LogP contribution in [0.25, 0.3) is 0 Å². The van der Waals surface area contributed by atoms with Crippen LogP contribution in [0.3, 0.4) is 0 Å². The molecule has 0 saturated carbocycles. The molecule has 1 aromatic heterocycles. The number of hydrogen-bond acceptors (Lipinski definition) is 3. The van der Waals surface area contributed by atoms with Gasteiger partial charge in [-0.05, 0) is 18.2 Å². The zero-order valence-corrected chi connectivity index (χ0v) is 11.1. The molecule has 0 unspecified atom stereocenters. The van der Waals surface area contributed by atoms with Gasteiger partial charge in [-0.25, -0.2) is 0 Å². The number of thiazole rings is 1. The molecule has 0 bridgehead atoms. The SMILES string of the molecule is Clc1csc(Oc2cc(Br)ccc2Cl)n1. The van der Waals surface area contributed by atoms with Crippen LogP contribution in [0.5, 0.6) is 10.9 Å². The Balaban J connectivity index is 2.27. The first-order chi connectivity index (χ1) is 7.15. The molecule has 2 aromatic rings. The lowest BCUT2D eigenvalue weighted by molar-refractivity contribution is 0.479. The second kappa shape index (κ2) is 4.70. The van der Waals surface area contributed by atoms with E-state index in [2.05, 4.69) is 20.9 Å². The van der Waals surface area contributed by atoms with E-state index in [0.717, 1.165) is 4.47 Å². The zero-order chi connectivity index (χ0) is 10.8. The lowest BCUT2D eigenvalue weighted by Gasteiger charge is -2.03. The van der Waals surface area contributed by atoms with Crippen LogP contribution in [0.15, 0.2) is 28.1 Å². The van der Waals surface area contributed by atoms with Gasteiger partial charge in [0.05, 0.1) is 5.02 Å². The smallest absolute Gasteiger partial charge is 0.280 e. The van der Waals surface area contributed by atoms with Gasteiger partial charge in [0, 0.05) is 9.85 Å². The quantitative estimate of drug-likeness (QED) is 0.775. The van der Waals surface area contributed by atoms with E-state index in [1.165, 1.54) is 11.3 Å². The number of halogens is 3. The molecule has 78 valence electrons. The van der Waals surface area contributed by atoms with Crippen molar-refractivity contribution in [2.45, 2.75) is 0 Å². The van der Waals surface area contributed by atoms with Crippen LogP contribution in [-0.4, -0.2) is 4.98 Å². The predicted octanol–water partition coefficient (Wildman–Crippen LogP) is 5.00. The zero-order valence-electron chi connectivity index (χ0n) is 7.21. The van der Waals surface area contributed by atoms with Crippen molar-refractivity contribution < 1.29 is 4.74 Å². The van der Waals surface area contributed by atoms with Crippen molar-refractivity contribution in [3.8, 4) is 10.9 Å². The van der Waals surface area contributed by atoms with Crippen LogP contribution in [-0.2, 0) is 0 Å². The molecule has 2 nitrogen and oxygen atoms in total. The molecule has 0 N–H and O–H groups in total. The summed E-state index contributed by atoms with van der Waals surface area (Å²) in [5, 5.41) is 3.12. The monoisotopic (exact) mass is 323 g/mol. The molecule has 6 heteroatoms. The first kappa shape index (κ1) is 11.2. The summed E-state index contributed by atoms with van der Waals surface area (Å²) in [6.07, 6.45) is 0. The summed E-state index contributed by atoms with van der Waals surface area (Å²) in [7, 11) is 0. The molecule has 0 fully saturated rings. The molecular weight excluding hydrogens is 321 g/mol. The van der Waals surface area contributed by atoms with Gasteiger partial charge in [0.15, 0.2) is 0 Å². The minimum absolute atomic E-state index is 0.418. The van der Waals surface area contributed by atoms with E-state index >= 15 is 0 Å². The van der Waals surface area contributed by atoms with Gasteiger partial charge < -0.3 is 4.74 Å². The molecule has 0 atom stereocenters. The fraction of sp³-hybridized carbons (Fsp3) is 0. The Morgan fingerprint density at radius 2 is 2.13 bits per heavy atom. The van der Waals surface area contributed by atoms with Gasteiger partial charge in [-0.15, -0.1) is 0 Å². The maximum absolute atomic E-state index is 5.95. The highest BCUT2D eigenvalue weighted by Gasteiger charge is 2.06. The van der Waals surface area contributed by atoms with Crippen LogP contribution in [0.1, 0.15) is 0 Å². The molecular formula is C9H4BrCl2NOS. The van der Waals surface area contributed by atoms with Crippen LogP contribution in [0, 0.1) is 0 Å². The van der Waals surface area contributed by atoms with E-state index in [4.69, 9.17) is 27.9 Å². The molecule has 15 heavy (non-hydrogen) atoms. The van der Waals surface area contributed by atoms with E-state index in [1.54, 1.807) is 17.5 Å². The van der Waals surface area contributed by atoms with Gasteiger partial charge in [0.25, 0.3) is 5.19 Å². The average Bonchev–Trinajstić information content (AvgIpc) is 2.58. The summed E-state index contributed by atoms with van der Waals surface area (Å²) < 4.78 is 6.36. The summed E-state index contributed by atoms with van der Waals surface area (Å²) in [6, 6.07) is 5.36. The third kappa shape index (κ3) is 2.84.